The Bertz CT molecular complexity index is 482. The molecular weight excluding hydrogens is 320 g/mol. The third kappa shape index (κ3) is 12.0. The van der Waals surface area contributed by atoms with Gasteiger partial charge in [0.1, 0.15) is 6.10 Å². The summed E-state index contributed by atoms with van der Waals surface area (Å²) >= 11 is 0. The number of carbonyl (C=O) groups excluding carboxylic acids is 1. The van der Waals surface area contributed by atoms with E-state index in [1.54, 1.807) is 0 Å². The lowest BCUT2D eigenvalue weighted by molar-refractivity contribution is -0.145. The zero-order valence-corrected chi connectivity index (χ0v) is 13.4. The van der Waals surface area contributed by atoms with Crippen LogP contribution >= 0.6 is 0 Å². The molecular formula is C16H22O8. The van der Waals surface area contributed by atoms with E-state index in [0.717, 1.165) is 43.8 Å². The monoisotopic (exact) mass is 342 g/mol. The first-order valence-electron chi connectivity index (χ1n) is 7.50. The SMILES string of the molecule is CCC1CCC(OC(=O)/C=C/C(=O)O)CC1.O=C(O)/C=C/C(=O)O. The summed E-state index contributed by atoms with van der Waals surface area (Å²) in [5, 5.41) is 24.0. The van der Waals surface area contributed by atoms with Crippen molar-refractivity contribution in [1.82, 2.24) is 0 Å². The Morgan fingerprint density at radius 1 is 0.833 bits per heavy atom. The molecule has 0 spiro atoms. The molecule has 0 heterocycles. The summed E-state index contributed by atoms with van der Waals surface area (Å²) in [7, 11) is 0. The number of hydrogen-bond donors (Lipinski definition) is 3. The van der Waals surface area contributed by atoms with Gasteiger partial charge in [0.15, 0.2) is 0 Å². The Morgan fingerprint density at radius 3 is 1.62 bits per heavy atom. The van der Waals surface area contributed by atoms with Crippen molar-refractivity contribution in [1.29, 1.82) is 0 Å². The lowest BCUT2D eigenvalue weighted by Gasteiger charge is -2.27. The van der Waals surface area contributed by atoms with Crippen molar-refractivity contribution in [3.05, 3.63) is 24.3 Å². The van der Waals surface area contributed by atoms with E-state index in [4.69, 9.17) is 20.1 Å². The van der Waals surface area contributed by atoms with Crippen LogP contribution in [-0.4, -0.2) is 45.3 Å². The highest BCUT2D eigenvalue weighted by molar-refractivity contribution is 5.91. The molecule has 3 N–H and O–H groups in total. The summed E-state index contributed by atoms with van der Waals surface area (Å²) in [4.78, 5) is 40.5. The molecule has 0 saturated heterocycles. The van der Waals surface area contributed by atoms with E-state index < -0.39 is 23.9 Å². The molecule has 1 aliphatic rings. The van der Waals surface area contributed by atoms with Gasteiger partial charge in [0.2, 0.25) is 0 Å². The van der Waals surface area contributed by atoms with Crippen molar-refractivity contribution in [2.24, 2.45) is 5.92 Å². The number of esters is 1. The quantitative estimate of drug-likeness (QED) is 0.491. The van der Waals surface area contributed by atoms with Crippen molar-refractivity contribution in [3.8, 4) is 0 Å². The van der Waals surface area contributed by atoms with E-state index in [-0.39, 0.29) is 6.10 Å². The number of carboxylic acids is 3. The second kappa shape index (κ2) is 11.9. The van der Waals surface area contributed by atoms with E-state index in [0.29, 0.717) is 12.2 Å². The summed E-state index contributed by atoms with van der Waals surface area (Å²) in [6, 6.07) is 0. The lowest BCUT2D eigenvalue weighted by Crippen LogP contribution is -2.23. The molecule has 0 amide bonds. The zero-order valence-electron chi connectivity index (χ0n) is 13.4. The Morgan fingerprint density at radius 2 is 1.25 bits per heavy atom. The van der Waals surface area contributed by atoms with Crippen LogP contribution in [-0.2, 0) is 23.9 Å². The average Bonchev–Trinajstić information content (AvgIpc) is 2.52. The number of carbonyl (C=O) groups is 4. The van der Waals surface area contributed by atoms with Gasteiger partial charge in [-0.25, -0.2) is 19.2 Å². The molecule has 0 unspecified atom stereocenters. The Balaban J connectivity index is 0.000000561. The fourth-order valence-electron chi connectivity index (χ4n) is 2.14. The number of aliphatic carboxylic acids is 3. The van der Waals surface area contributed by atoms with Crippen LogP contribution in [0.25, 0.3) is 0 Å². The van der Waals surface area contributed by atoms with Crippen molar-refractivity contribution in [2.45, 2.75) is 45.1 Å². The molecule has 8 heteroatoms. The fourth-order valence-corrected chi connectivity index (χ4v) is 2.14. The molecule has 0 aromatic heterocycles. The molecule has 0 aromatic carbocycles. The van der Waals surface area contributed by atoms with Gasteiger partial charge < -0.3 is 20.1 Å². The minimum absolute atomic E-state index is 0.0336. The maximum Gasteiger partial charge on any atom is 0.331 e. The van der Waals surface area contributed by atoms with E-state index in [1.165, 1.54) is 6.42 Å². The van der Waals surface area contributed by atoms with E-state index in [2.05, 4.69) is 6.92 Å². The molecule has 24 heavy (non-hydrogen) atoms. The molecule has 1 saturated carbocycles. The van der Waals surface area contributed by atoms with E-state index in [1.807, 2.05) is 0 Å². The summed E-state index contributed by atoms with van der Waals surface area (Å²) < 4.78 is 5.15. The molecule has 8 nitrogen and oxygen atoms in total. The van der Waals surface area contributed by atoms with Gasteiger partial charge in [-0.1, -0.05) is 13.3 Å². The third-order valence-electron chi connectivity index (χ3n) is 3.38. The Labute approximate surface area is 139 Å². The van der Waals surface area contributed by atoms with Crippen molar-refractivity contribution < 1.29 is 39.2 Å². The second-order valence-electron chi connectivity index (χ2n) is 5.17. The van der Waals surface area contributed by atoms with Crippen LogP contribution in [0.1, 0.15) is 39.0 Å². The van der Waals surface area contributed by atoms with Gasteiger partial charge >= 0.3 is 23.9 Å². The van der Waals surface area contributed by atoms with Crippen molar-refractivity contribution >= 4 is 23.9 Å². The van der Waals surface area contributed by atoms with Crippen LogP contribution in [0.4, 0.5) is 0 Å². The maximum absolute atomic E-state index is 11.2. The van der Waals surface area contributed by atoms with Crippen LogP contribution in [0.3, 0.4) is 0 Å². The van der Waals surface area contributed by atoms with E-state index >= 15 is 0 Å². The maximum atomic E-state index is 11.2. The smallest absolute Gasteiger partial charge is 0.331 e. The molecule has 0 bridgehead atoms. The Kier molecular flexibility index (Phi) is 10.6. The largest absolute Gasteiger partial charge is 0.478 e. The molecule has 0 atom stereocenters. The Hall–Kier alpha value is -2.64. The van der Waals surface area contributed by atoms with Gasteiger partial charge in [-0.05, 0) is 31.6 Å². The molecule has 0 radical (unpaired) electrons. The highest BCUT2D eigenvalue weighted by Crippen LogP contribution is 2.28. The number of rotatable bonds is 6. The predicted molar refractivity (Wildman–Crippen MR) is 83.3 cm³/mol. The summed E-state index contributed by atoms with van der Waals surface area (Å²) in [6.45, 7) is 2.17. The molecule has 0 aliphatic heterocycles. The highest BCUT2D eigenvalue weighted by Gasteiger charge is 2.22. The predicted octanol–water partition coefficient (Wildman–Crippen LogP) is 1.85. The van der Waals surface area contributed by atoms with Gasteiger partial charge in [-0.15, -0.1) is 0 Å². The fraction of sp³-hybridized carbons (Fsp3) is 0.500. The second-order valence-corrected chi connectivity index (χ2v) is 5.17. The van der Waals surface area contributed by atoms with Crippen LogP contribution < -0.4 is 0 Å². The summed E-state index contributed by atoms with van der Waals surface area (Å²) in [5.41, 5.74) is 0. The molecule has 134 valence electrons. The molecule has 1 rings (SSSR count). The standard InChI is InChI=1S/C12H18O4.C4H4O4/c1-2-9-3-5-10(6-4-9)16-12(15)8-7-11(13)14;5-3(6)1-2-4(7)8/h7-10H,2-6H2,1H3,(H,13,14);1-2H,(H,5,6)(H,7,8)/b8-7+;2-1+. The molecule has 1 aliphatic carbocycles. The van der Waals surface area contributed by atoms with Gasteiger partial charge in [0.25, 0.3) is 0 Å². The molecule has 0 aromatic rings. The van der Waals surface area contributed by atoms with Crippen LogP contribution in [0, 0.1) is 5.92 Å². The van der Waals surface area contributed by atoms with E-state index in [9.17, 15) is 19.2 Å². The van der Waals surface area contributed by atoms with Crippen LogP contribution in [0.2, 0.25) is 0 Å². The van der Waals surface area contributed by atoms with Crippen molar-refractivity contribution in [3.63, 3.8) is 0 Å². The average molecular weight is 342 g/mol. The van der Waals surface area contributed by atoms with Crippen LogP contribution in [0.5, 0.6) is 0 Å². The first kappa shape index (κ1) is 21.4. The number of ether oxygens (including phenoxy) is 1. The minimum atomic E-state index is -1.26. The molecule has 1 fully saturated rings. The normalized spacial score (nSPS) is 20.2. The first-order chi connectivity index (χ1) is 11.2. The van der Waals surface area contributed by atoms with Gasteiger partial charge in [0, 0.05) is 24.3 Å². The number of carboxylic acid groups (broad SMARTS) is 3. The van der Waals surface area contributed by atoms with Gasteiger partial charge in [-0.3, -0.25) is 0 Å². The van der Waals surface area contributed by atoms with Crippen molar-refractivity contribution in [2.75, 3.05) is 0 Å². The van der Waals surface area contributed by atoms with Gasteiger partial charge in [0.05, 0.1) is 0 Å². The zero-order chi connectivity index (χ0) is 18.5. The summed E-state index contributed by atoms with van der Waals surface area (Å²) in [6.07, 6.45) is 8.01. The highest BCUT2D eigenvalue weighted by atomic mass is 16.5. The van der Waals surface area contributed by atoms with Gasteiger partial charge in [-0.2, -0.15) is 0 Å². The summed E-state index contributed by atoms with van der Waals surface area (Å²) in [5.74, 6) is -3.45. The topological polar surface area (TPSA) is 138 Å². The van der Waals surface area contributed by atoms with Crippen LogP contribution in [0.15, 0.2) is 24.3 Å². The first-order valence-corrected chi connectivity index (χ1v) is 7.50. The third-order valence-corrected chi connectivity index (χ3v) is 3.38. The lowest BCUT2D eigenvalue weighted by atomic mass is 9.86. The number of hydrogen-bond acceptors (Lipinski definition) is 5. The minimum Gasteiger partial charge on any atom is -0.478 e.